The molecule has 0 bridgehead atoms. The second-order valence-electron chi connectivity index (χ2n) is 4.11. The summed E-state index contributed by atoms with van der Waals surface area (Å²) in [6.07, 6.45) is 5.77. The fraction of sp³-hybridized carbons (Fsp3) is 0.500. The van der Waals surface area contributed by atoms with Crippen molar-refractivity contribution in [1.82, 2.24) is 10.3 Å². The molecule has 0 aliphatic carbocycles. The second kappa shape index (κ2) is 5.47. The Balaban J connectivity index is 1.82. The molecule has 0 saturated carbocycles. The minimum Gasteiger partial charge on any atom is -0.383 e. The van der Waals surface area contributed by atoms with E-state index in [-0.39, 0.29) is 0 Å². The van der Waals surface area contributed by atoms with Gasteiger partial charge in [-0.2, -0.15) is 5.26 Å². The third-order valence-corrected chi connectivity index (χ3v) is 2.97. The van der Waals surface area contributed by atoms with Crippen LogP contribution >= 0.6 is 0 Å². The first-order chi connectivity index (χ1) is 7.90. The van der Waals surface area contributed by atoms with Crippen LogP contribution in [0.4, 0.5) is 5.69 Å². The predicted octanol–water partition coefficient (Wildman–Crippen LogP) is 1.36. The molecule has 0 aromatic carbocycles. The van der Waals surface area contributed by atoms with Crippen LogP contribution < -0.4 is 10.6 Å². The number of hydrogen-bond acceptors (Lipinski definition) is 4. The van der Waals surface area contributed by atoms with Gasteiger partial charge in [-0.3, -0.25) is 4.98 Å². The minimum absolute atomic E-state index is 0.666. The molecule has 0 spiro atoms. The molecule has 2 rings (SSSR count). The molecule has 1 saturated heterocycles. The number of anilines is 1. The first kappa shape index (κ1) is 10.9. The van der Waals surface area contributed by atoms with Crippen molar-refractivity contribution < 1.29 is 0 Å². The third kappa shape index (κ3) is 2.71. The van der Waals surface area contributed by atoms with Crippen LogP contribution in [-0.4, -0.2) is 24.6 Å². The molecule has 1 atom stereocenters. The van der Waals surface area contributed by atoms with Crippen molar-refractivity contribution in [3.05, 3.63) is 24.0 Å². The number of pyridine rings is 1. The monoisotopic (exact) mass is 216 g/mol. The van der Waals surface area contributed by atoms with Gasteiger partial charge in [0.1, 0.15) is 6.07 Å². The lowest BCUT2D eigenvalue weighted by molar-refractivity contribution is 0.549. The number of nitrogens with zero attached hydrogens (tertiary/aromatic N) is 2. The number of rotatable bonds is 4. The van der Waals surface area contributed by atoms with Crippen molar-refractivity contribution in [2.45, 2.75) is 12.8 Å². The molecule has 1 aliphatic heterocycles. The topological polar surface area (TPSA) is 60.7 Å². The Morgan fingerprint density at radius 1 is 1.62 bits per heavy atom. The Kier molecular flexibility index (Phi) is 3.73. The summed E-state index contributed by atoms with van der Waals surface area (Å²) >= 11 is 0. The summed E-state index contributed by atoms with van der Waals surface area (Å²) in [6, 6.07) is 3.89. The smallest absolute Gasteiger partial charge is 0.101 e. The van der Waals surface area contributed by atoms with Crippen LogP contribution in [-0.2, 0) is 0 Å². The van der Waals surface area contributed by atoms with Gasteiger partial charge in [0.05, 0.1) is 17.4 Å². The normalized spacial score (nSPS) is 19.3. The molecule has 2 N–H and O–H groups in total. The molecule has 16 heavy (non-hydrogen) atoms. The van der Waals surface area contributed by atoms with E-state index in [1.54, 1.807) is 18.5 Å². The molecule has 0 amide bonds. The van der Waals surface area contributed by atoms with Gasteiger partial charge in [-0.05, 0) is 37.9 Å². The molecule has 1 aromatic rings. The third-order valence-electron chi connectivity index (χ3n) is 2.97. The fourth-order valence-electron chi connectivity index (χ4n) is 2.00. The molecule has 1 aliphatic rings. The van der Waals surface area contributed by atoms with E-state index in [4.69, 9.17) is 5.26 Å². The summed E-state index contributed by atoms with van der Waals surface area (Å²) in [5, 5.41) is 15.5. The molecular formula is C12H16N4. The second-order valence-corrected chi connectivity index (χ2v) is 4.11. The van der Waals surface area contributed by atoms with Gasteiger partial charge in [-0.15, -0.1) is 0 Å². The Bertz CT molecular complexity index is 377. The average molecular weight is 216 g/mol. The molecule has 84 valence electrons. The van der Waals surface area contributed by atoms with Gasteiger partial charge >= 0.3 is 0 Å². The summed E-state index contributed by atoms with van der Waals surface area (Å²) in [7, 11) is 0. The number of aromatic nitrogens is 1. The zero-order chi connectivity index (χ0) is 11.2. The maximum Gasteiger partial charge on any atom is 0.101 e. The first-order valence-electron chi connectivity index (χ1n) is 5.69. The summed E-state index contributed by atoms with van der Waals surface area (Å²) in [5.74, 6) is 0.773. The lowest BCUT2D eigenvalue weighted by atomic mass is 10.1. The van der Waals surface area contributed by atoms with E-state index < -0.39 is 0 Å². The highest BCUT2D eigenvalue weighted by atomic mass is 14.9. The Morgan fingerprint density at radius 3 is 3.31 bits per heavy atom. The highest BCUT2D eigenvalue weighted by Crippen LogP contribution is 2.15. The maximum absolute atomic E-state index is 8.90. The van der Waals surface area contributed by atoms with Crippen LogP contribution in [0.2, 0.25) is 0 Å². The molecule has 1 aromatic heterocycles. The standard InChI is InChI=1S/C12H16N4/c13-7-11-3-5-15-9-12(11)16-6-2-10-1-4-14-8-10/h3,5,9-10,14,16H,1-2,4,6,8H2. The van der Waals surface area contributed by atoms with Crippen LogP contribution in [0.15, 0.2) is 18.5 Å². The molecule has 0 radical (unpaired) electrons. The predicted molar refractivity (Wildman–Crippen MR) is 63.0 cm³/mol. The maximum atomic E-state index is 8.90. The molecule has 4 nitrogen and oxygen atoms in total. The number of nitriles is 1. The highest BCUT2D eigenvalue weighted by molar-refractivity contribution is 5.55. The van der Waals surface area contributed by atoms with Crippen molar-refractivity contribution in [3.8, 4) is 6.07 Å². The first-order valence-corrected chi connectivity index (χ1v) is 5.69. The van der Waals surface area contributed by atoms with E-state index in [2.05, 4.69) is 21.7 Å². The summed E-state index contributed by atoms with van der Waals surface area (Å²) in [5.41, 5.74) is 1.51. The van der Waals surface area contributed by atoms with E-state index in [0.29, 0.717) is 5.56 Å². The van der Waals surface area contributed by atoms with E-state index in [1.165, 1.54) is 6.42 Å². The molecule has 2 heterocycles. The Labute approximate surface area is 95.7 Å². The molecular weight excluding hydrogens is 200 g/mol. The van der Waals surface area contributed by atoms with Crippen molar-refractivity contribution >= 4 is 5.69 Å². The minimum atomic E-state index is 0.666. The molecule has 4 heteroatoms. The van der Waals surface area contributed by atoms with Gasteiger partial charge in [-0.1, -0.05) is 0 Å². The molecule has 1 fully saturated rings. The van der Waals surface area contributed by atoms with Gasteiger partial charge in [0, 0.05) is 12.7 Å². The van der Waals surface area contributed by atoms with Crippen LogP contribution in [0, 0.1) is 17.2 Å². The largest absolute Gasteiger partial charge is 0.383 e. The average Bonchev–Trinajstić information content (AvgIpc) is 2.83. The molecule has 1 unspecified atom stereocenters. The quantitative estimate of drug-likeness (QED) is 0.798. The lowest BCUT2D eigenvalue weighted by Crippen LogP contribution is -2.13. The zero-order valence-corrected chi connectivity index (χ0v) is 9.24. The number of nitrogens with one attached hydrogen (secondary N) is 2. The van der Waals surface area contributed by atoms with Crippen LogP contribution in [0.25, 0.3) is 0 Å². The summed E-state index contributed by atoms with van der Waals surface area (Å²) in [4.78, 5) is 4.02. The number of hydrogen-bond donors (Lipinski definition) is 2. The van der Waals surface area contributed by atoms with Gasteiger partial charge in [0.25, 0.3) is 0 Å². The van der Waals surface area contributed by atoms with E-state index >= 15 is 0 Å². The van der Waals surface area contributed by atoms with Crippen molar-refractivity contribution in [2.75, 3.05) is 25.0 Å². The van der Waals surface area contributed by atoms with Gasteiger partial charge in [0.2, 0.25) is 0 Å². The van der Waals surface area contributed by atoms with E-state index in [9.17, 15) is 0 Å². The zero-order valence-electron chi connectivity index (χ0n) is 9.24. The van der Waals surface area contributed by atoms with Crippen molar-refractivity contribution in [3.63, 3.8) is 0 Å². The van der Waals surface area contributed by atoms with Crippen LogP contribution in [0.5, 0.6) is 0 Å². The van der Waals surface area contributed by atoms with Gasteiger partial charge < -0.3 is 10.6 Å². The Hall–Kier alpha value is -1.60. The van der Waals surface area contributed by atoms with E-state index in [1.807, 2.05) is 0 Å². The SMILES string of the molecule is N#Cc1ccncc1NCCC1CCNC1. The van der Waals surface area contributed by atoms with E-state index in [0.717, 1.165) is 37.7 Å². The fourth-order valence-corrected chi connectivity index (χ4v) is 2.00. The highest BCUT2D eigenvalue weighted by Gasteiger charge is 2.13. The van der Waals surface area contributed by atoms with Crippen molar-refractivity contribution in [2.24, 2.45) is 5.92 Å². The lowest BCUT2D eigenvalue weighted by Gasteiger charge is -2.10. The summed E-state index contributed by atoms with van der Waals surface area (Å²) in [6.45, 7) is 3.17. The van der Waals surface area contributed by atoms with Crippen LogP contribution in [0.1, 0.15) is 18.4 Å². The van der Waals surface area contributed by atoms with Crippen LogP contribution in [0.3, 0.4) is 0 Å². The summed E-state index contributed by atoms with van der Waals surface area (Å²) < 4.78 is 0. The van der Waals surface area contributed by atoms with Gasteiger partial charge in [0.15, 0.2) is 0 Å². The van der Waals surface area contributed by atoms with Gasteiger partial charge in [-0.25, -0.2) is 0 Å². The van der Waals surface area contributed by atoms with Crippen molar-refractivity contribution in [1.29, 1.82) is 5.26 Å². The Morgan fingerprint density at radius 2 is 2.56 bits per heavy atom.